The van der Waals surface area contributed by atoms with E-state index in [2.05, 4.69) is 24.8 Å². The van der Waals surface area contributed by atoms with Crippen molar-refractivity contribution >= 4 is 54.0 Å². The van der Waals surface area contributed by atoms with Gasteiger partial charge in [-0.2, -0.15) is 0 Å². The molecular weight excluding hydrogens is 466 g/mol. The van der Waals surface area contributed by atoms with Crippen LogP contribution < -0.4 is 4.90 Å². The number of sulfone groups is 1. The van der Waals surface area contributed by atoms with Crippen LogP contribution in [0.15, 0.2) is 41.3 Å². The standard InChI is InChI=1S/C23H28ClN3O3S2/c1-5-26(6-2)11-12-27(23-25-20-14-16(3)13-17(4)22(20)31-23)21(28)15-32(29,30)19-9-7-18(24)8-10-19/h7-10,13-14H,5-6,11-12,15H2,1-4H3. The smallest absolute Gasteiger partial charge is 0.244 e. The minimum atomic E-state index is -3.81. The van der Waals surface area contributed by atoms with E-state index < -0.39 is 21.5 Å². The first kappa shape index (κ1) is 24.6. The van der Waals surface area contributed by atoms with Crippen LogP contribution in [0, 0.1) is 13.8 Å². The van der Waals surface area contributed by atoms with E-state index in [1.54, 1.807) is 0 Å². The first-order valence-corrected chi connectivity index (χ1v) is 13.4. The molecule has 0 N–H and O–H groups in total. The van der Waals surface area contributed by atoms with Crippen molar-refractivity contribution in [1.29, 1.82) is 0 Å². The summed E-state index contributed by atoms with van der Waals surface area (Å²) in [6, 6.07) is 9.94. The Morgan fingerprint density at radius 3 is 2.34 bits per heavy atom. The van der Waals surface area contributed by atoms with E-state index in [0.717, 1.165) is 34.4 Å². The van der Waals surface area contributed by atoms with Gasteiger partial charge in [0.25, 0.3) is 0 Å². The molecule has 9 heteroatoms. The first-order chi connectivity index (χ1) is 15.1. The van der Waals surface area contributed by atoms with Crippen LogP contribution in [-0.2, 0) is 14.6 Å². The third-order valence-corrected chi connectivity index (χ3v) is 8.46. The summed E-state index contributed by atoms with van der Waals surface area (Å²) in [6.07, 6.45) is 0. The third kappa shape index (κ3) is 5.67. The number of likely N-dealkylation sites (N-methyl/N-ethyl adjacent to an activating group) is 1. The molecule has 0 bridgehead atoms. The van der Waals surface area contributed by atoms with Gasteiger partial charge in [0.2, 0.25) is 5.91 Å². The number of rotatable bonds is 9. The SMILES string of the molecule is CCN(CC)CCN(C(=O)CS(=O)(=O)c1ccc(Cl)cc1)c1nc2cc(C)cc(C)c2s1. The number of carbonyl (C=O) groups is 1. The zero-order chi connectivity index (χ0) is 23.5. The van der Waals surface area contributed by atoms with Crippen molar-refractivity contribution < 1.29 is 13.2 Å². The minimum absolute atomic E-state index is 0.0784. The van der Waals surface area contributed by atoms with Gasteiger partial charge < -0.3 is 4.90 Å². The molecule has 0 aliphatic heterocycles. The van der Waals surface area contributed by atoms with E-state index in [1.807, 2.05) is 19.9 Å². The normalized spacial score (nSPS) is 11.9. The fraction of sp³-hybridized carbons (Fsp3) is 0.391. The Morgan fingerprint density at radius 1 is 1.06 bits per heavy atom. The summed E-state index contributed by atoms with van der Waals surface area (Å²) in [5, 5.41) is 0.966. The highest BCUT2D eigenvalue weighted by molar-refractivity contribution is 7.92. The third-order valence-electron chi connectivity index (χ3n) is 5.36. The zero-order valence-electron chi connectivity index (χ0n) is 18.8. The van der Waals surface area contributed by atoms with Gasteiger partial charge >= 0.3 is 0 Å². The molecule has 0 atom stereocenters. The van der Waals surface area contributed by atoms with Gasteiger partial charge in [-0.3, -0.25) is 9.69 Å². The summed E-state index contributed by atoms with van der Waals surface area (Å²) in [6.45, 7) is 10.8. The number of nitrogens with zero attached hydrogens (tertiary/aromatic N) is 3. The molecule has 1 aromatic heterocycles. The molecule has 0 aliphatic carbocycles. The summed E-state index contributed by atoms with van der Waals surface area (Å²) in [5.41, 5.74) is 3.01. The van der Waals surface area contributed by atoms with Crippen LogP contribution in [0.1, 0.15) is 25.0 Å². The minimum Gasteiger partial charge on any atom is -0.302 e. The van der Waals surface area contributed by atoms with E-state index in [9.17, 15) is 13.2 Å². The molecule has 1 heterocycles. The highest BCUT2D eigenvalue weighted by Crippen LogP contribution is 2.32. The molecule has 2 aromatic carbocycles. The summed E-state index contributed by atoms with van der Waals surface area (Å²) in [5.74, 6) is -1.11. The quantitative estimate of drug-likeness (QED) is 0.431. The monoisotopic (exact) mass is 493 g/mol. The predicted molar refractivity (Wildman–Crippen MR) is 133 cm³/mol. The van der Waals surface area contributed by atoms with E-state index in [4.69, 9.17) is 16.6 Å². The molecule has 1 amide bonds. The fourth-order valence-electron chi connectivity index (χ4n) is 3.55. The van der Waals surface area contributed by atoms with Gasteiger partial charge in [-0.05, 0) is 68.4 Å². The molecule has 172 valence electrons. The Bertz CT molecular complexity index is 1200. The number of aromatic nitrogens is 1. The zero-order valence-corrected chi connectivity index (χ0v) is 21.1. The van der Waals surface area contributed by atoms with Crippen molar-refractivity contribution in [1.82, 2.24) is 9.88 Å². The lowest BCUT2D eigenvalue weighted by Crippen LogP contribution is -2.41. The number of benzene rings is 2. The van der Waals surface area contributed by atoms with E-state index in [1.165, 1.54) is 40.5 Å². The number of amides is 1. The number of thiazole rings is 1. The maximum atomic E-state index is 13.3. The maximum absolute atomic E-state index is 13.3. The molecule has 0 aliphatic rings. The van der Waals surface area contributed by atoms with Crippen LogP contribution in [0.4, 0.5) is 5.13 Å². The van der Waals surface area contributed by atoms with E-state index in [0.29, 0.717) is 23.2 Å². The first-order valence-electron chi connectivity index (χ1n) is 10.5. The Balaban J connectivity index is 1.94. The van der Waals surface area contributed by atoms with Crippen LogP contribution in [0.3, 0.4) is 0 Å². The maximum Gasteiger partial charge on any atom is 0.244 e. The number of fused-ring (bicyclic) bond motifs is 1. The molecule has 0 spiro atoms. The van der Waals surface area contributed by atoms with Gasteiger partial charge in [-0.15, -0.1) is 0 Å². The molecule has 3 aromatic rings. The highest BCUT2D eigenvalue weighted by atomic mass is 35.5. The van der Waals surface area contributed by atoms with Crippen LogP contribution in [-0.4, -0.2) is 56.1 Å². The van der Waals surface area contributed by atoms with Crippen LogP contribution in [0.2, 0.25) is 5.02 Å². The molecule has 0 saturated heterocycles. The highest BCUT2D eigenvalue weighted by Gasteiger charge is 2.27. The number of halogens is 1. The van der Waals surface area contributed by atoms with Crippen molar-refractivity contribution in [3.63, 3.8) is 0 Å². The van der Waals surface area contributed by atoms with Crippen LogP contribution >= 0.6 is 22.9 Å². The van der Waals surface area contributed by atoms with Gasteiger partial charge in [-0.25, -0.2) is 13.4 Å². The molecule has 0 radical (unpaired) electrons. The lowest BCUT2D eigenvalue weighted by atomic mass is 10.1. The number of hydrogen-bond donors (Lipinski definition) is 0. The van der Waals surface area contributed by atoms with Crippen molar-refractivity contribution in [2.24, 2.45) is 0 Å². The number of anilines is 1. The Hall–Kier alpha value is -2.00. The molecule has 0 unspecified atom stereocenters. The average molecular weight is 494 g/mol. The van der Waals surface area contributed by atoms with Crippen LogP contribution in [0.25, 0.3) is 10.2 Å². The van der Waals surface area contributed by atoms with Crippen molar-refractivity contribution in [3.8, 4) is 0 Å². The van der Waals surface area contributed by atoms with E-state index >= 15 is 0 Å². The predicted octanol–water partition coefficient (Wildman–Crippen LogP) is 4.72. The second-order valence-electron chi connectivity index (χ2n) is 7.71. The number of hydrogen-bond acceptors (Lipinski definition) is 6. The van der Waals surface area contributed by atoms with Gasteiger partial charge in [0.15, 0.2) is 15.0 Å². The Kier molecular flexibility index (Phi) is 7.92. The summed E-state index contributed by atoms with van der Waals surface area (Å²) in [7, 11) is -3.81. The van der Waals surface area contributed by atoms with Gasteiger partial charge in [-0.1, -0.05) is 42.9 Å². The second kappa shape index (κ2) is 10.3. The number of carbonyl (C=O) groups excluding carboxylic acids is 1. The summed E-state index contributed by atoms with van der Waals surface area (Å²) < 4.78 is 26.8. The molecule has 3 rings (SSSR count). The van der Waals surface area contributed by atoms with Crippen molar-refractivity contribution in [3.05, 3.63) is 52.5 Å². The Labute approximate surface area is 198 Å². The molecular formula is C23H28ClN3O3S2. The summed E-state index contributed by atoms with van der Waals surface area (Å²) in [4.78, 5) is 21.8. The molecule has 0 fully saturated rings. The van der Waals surface area contributed by atoms with Crippen LogP contribution in [0.5, 0.6) is 0 Å². The van der Waals surface area contributed by atoms with Crippen molar-refractivity contribution in [2.45, 2.75) is 32.6 Å². The lowest BCUT2D eigenvalue weighted by molar-refractivity contribution is -0.116. The number of aryl methyl sites for hydroxylation is 2. The second-order valence-corrected chi connectivity index (χ2v) is 11.1. The largest absolute Gasteiger partial charge is 0.302 e. The molecule has 6 nitrogen and oxygen atoms in total. The van der Waals surface area contributed by atoms with Crippen molar-refractivity contribution in [2.75, 3.05) is 36.8 Å². The lowest BCUT2D eigenvalue weighted by Gasteiger charge is -2.24. The summed E-state index contributed by atoms with van der Waals surface area (Å²) >= 11 is 7.30. The van der Waals surface area contributed by atoms with Gasteiger partial charge in [0, 0.05) is 18.1 Å². The topological polar surface area (TPSA) is 70.6 Å². The molecule has 32 heavy (non-hydrogen) atoms. The fourth-order valence-corrected chi connectivity index (χ4v) is 5.94. The molecule has 0 saturated carbocycles. The average Bonchev–Trinajstić information content (AvgIpc) is 3.15. The van der Waals surface area contributed by atoms with E-state index in [-0.39, 0.29) is 4.90 Å². The van der Waals surface area contributed by atoms with Gasteiger partial charge in [0.1, 0.15) is 5.75 Å². The Morgan fingerprint density at radius 2 is 1.72 bits per heavy atom. The van der Waals surface area contributed by atoms with Gasteiger partial charge in [0.05, 0.1) is 15.1 Å².